The van der Waals surface area contributed by atoms with Gasteiger partial charge in [-0.1, -0.05) is 0 Å². The molecular formula is C12H21NO2S. The van der Waals surface area contributed by atoms with Crippen LogP contribution in [0.25, 0.3) is 0 Å². The van der Waals surface area contributed by atoms with E-state index in [4.69, 9.17) is 0 Å². The molecule has 0 spiro atoms. The minimum Gasteiger partial charge on any atom is -0.314 e. The fourth-order valence-corrected chi connectivity index (χ4v) is 6.52. The van der Waals surface area contributed by atoms with Crippen molar-refractivity contribution in [2.75, 3.05) is 13.3 Å². The van der Waals surface area contributed by atoms with Crippen molar-refractivity contribution in [1.82, 2.24) is 5.32 Å². The maximum Gasteiger partial charge on any atom is 0.153 e. The normalized spacial score (nSPS) is 50.9. The molecule has 0 aromatic rings. The molecule has 4 aliphatic rings. The van der Waals surface area contributed by atoms with Crippen molar-refractivity contribution in [3.05, 3.63) is 0 Å². The fourth-order valence-electron chi connectivity index (χ4n) is 4.90. The molecule has 4 fully saturated rings. The van der Waals surface area contributed by atoms with Crippen LogP contribution >= 0.6 is 0 Å². The summed E-state index contributed by atoms with van der Waals surface area (Å²) in [4.78, 5) is 0. The Morgan fingerprint density at radius 3 is 2.12 bits per heavy atom. The first-order valence-corrected chi connectivity index (χ1v) is 8.16. The van der Waals surface area contributed by atoms with E-state index in [1.807, 2.05) is 7.05 Å². The molecule has 2 unspecified atom stereocenters. The second-order valence-electron chi connectivity index (χ2n) is 6.45. The van der Waals surface area contributed by atoms with E-state index in [0.717, 1.165) is 19.3 Å². The highest BCUT2D eigenvalue weighted by atomic mass is 32.2. The molecule has 1 N–H and O–H groups in total. The molecule has 0 radical (unpaired) electrons. The molecule has 0 heterocycles. The molecule has 3 nitrogen and oxygen atoms in total. The molecule has 0 saturated heterocycles. The summed E-state index contributed by atoms with van der Waals surface area (Å²) in [7, 11) is -0.907. The summed E-state index contributed by atoms with van der Waals surface area (Å²) in [6, 6.07) is 0. The lowest BCUT2D eigenvalue weighted by atomic mass is 9.52. The monoisotopic (exact) mass is 243 g/mol. The Balaban J connectivity index is 2.05. The van der Waals surface area contributed by atoms with Gasteiger partial charge >= 0.3 is 0 Å². The van der Waals surface area contributed by atoms with Crippen molar-refractivity contribution >= 4 is 9.84 Å². The van der Waals surface area contributed by atoms with Gasteiger partial charge in [-0.15, -0.1) is 0 Å². The Bertz CT molecular complexity index is 401. The minimum absolute atomic E-state index is 0.132. The fraction of sp³-hybridized carbons (Fsp3) is 1.00. The second kappa shape index (κ2) is 3.02. The highest BCUT2D eigenvalue weighted by Gasteiger charge is 2.61. The lowest BCUT2D eigenvalue weighted by Gasteiger charge is -2.61. The third kappa shape index (κ3) is 1.32. The van der Waals surface area contributed by atoms with Gasteiger partial charge < -0.3 is 5.32 Å². The molecule has 0 aromatic carbocycles. The summed E-state index contributed by atoms with van der Waals surface area (Å²) in [6.07, 6.45) is 7.79. The summed E-state index contributed by atoms with van der Waals surface area (Å²) < 4.78 is 23.8. The Morgan fingerprint density at radius 2 is 1.69 bits per heavy atom. The van der Waals surface area contributed by atoms with Crippen LogP contribution in [0, 0.1) is 11.8 Å². The van der Waals surface area contributed by atoms with E-state index in [1.54, 1.807) is 0 Å². The van der Waals surface area contributed by atoms with Crippen LogP contribution < -0.4 is 5.32 Å². The van der Waals surface area contributed by atoms with E-state index in [-0.39, 0.29) is 10.3 Å². The highest BCUT2D eigenvalue weighted by molar-refractivity contribution is 7.92. The Labute approximate surface area is 97.9 Å². The van der Waals surface area contributed by atoms with Crippen LogP contribution in [0.15, 0.2) is 0 Å². The zero-order chi connectivity index (χ0) is 11.6. The smallest absolute Gasteiger partial charge is 0.153 e. The summed E-state index contributed by atoms with van der Waals surface area (Å²) in [5, 5.41) is 3.44. The highest BCUT2D eigenvalue weighted by Crippen LogP contribution is 2.59. The number of nitrogens with one attached hydrogen (secondary N) is 1. The first kappa shape index (κ1) is 11.0. The van der Waals surface area contributed by atoms with Crippen LogP contribution in [0.4, 0.5) is 0 Å². The summed E-state index contributed by atoms with van der Waals surface area (Å²) >= 11 is 0. The predicted molar refractivity (Wildman–Crippen MR) is 64.0 cm³/mol. The van der Waals surface area contributed by atoms with E-state index < -0.39 is 9.84 Å². The third-order valence-corrected chi connectivity index (χ3v) is 7.38. The van der Waals surface area contributed by atoms with Crippen molar-refractivity contribution in [3.8, 4) is 0 Å². The van der Waals surface area contributed by atoms with Gasteiger partial charge in [-0.25, -0.2) is 8.42 Å². The molecule has 2 atom stereocenters. The maximum atomic E-state index is 12.1. The van der Waals surface area contributed by atoms with Gasteiger partial charge in [-0.05, 0) is 57.4 Å². The average Bonchev–Trinajstić information content (AvgIpc) is 2.14. The number of hydrogen-bond donors (Lipinski definition) is 1. The lowest BCUT2D eigenvalue weighted by Crippen LogP contribution is -2.65. The van der Waals surface area contributed by atoms with E-state index in [0.29, 0.717) is 11.8 Å². The topological polar surface area (TPSA) is 46.2 Å². The van der Waals surface area contributed by atoms with Crippen LogP contribution in [0.1, 0.15) is 38.5 Å². The van der Waals surface area contributed by atoms with E-state index in [1.165, 1.54) is 25.5 Å². The van der Waals surface area contributed by atoms with Crippen molar-refractivity contribution in [2.24, 2.45) is 11.8 Å². The molecule has 16 heavy (non-hydrogen) atoms. The van der Waals surface area contributed by atoms with Gasteiger partial charge in [0.15, 0.2) is 9.84 Å². The van der Waals surface area contributed by atoms with Gasteiger partial charge in [0.2, 0.25) is 0 Å². The Hall–Kier alpha value is -0.0900. The molecule has 4 bridgehead atoms. The van der Waals surface area contributed by atoms with E-state index in [9.17, 15) is 8.42 Å². The zero-order valence-electron chi connectivity index (χ0n) is 10.1. The van der Waals surface area contributed by atoms with Gasteiger partial charge in [0.05, 0.1) is 4.75 Å². The van der Waals surface area contributed by atoms with Crippen molar-refractivity contribution in [1.29, 1.82) is 0 Å². The molecular weight excluding hydrogens is 222 g/mol. The number of rotatable bonds is 2. The number of sulfone groups is 1. The van der Waals surface area contributed by atoms with Gasteiger partial charge in [0.25, 0.3) is 0 Å². The minimum atomic E-state index is -2.91. The zero-order valence-corrected chi connectivity index (χ0v) is 10.9. The largest absolute Gasteiger partial charge is 0.314 e. The van der Waals surface area contributed by atoms with E-state index in [2.05, 4.69) is 5.32 Å². The van der Waals surface area contributed by atoms with Gasteiger partial charge in [0, 0.05) is 11.8 Å². The third-order valence-electron chi connectivity index (χ3n) is 5.32. The number of hydrogen-bond acceptors (Lipinski definition) is 3. The lowest BCUT2D eigenvalue weighted by molar-refractivity contribution is -0.00291. The molecule has 4 saturated carbocycles. The second-order valence-corrected chi connectivity index (χ2v) is 8.86. The van der Waals surface area contributed by atoms with Crippen LogP contribution in [-0.2, 0) is 9.84 Å². The van der Waals surface area contributed by atoms with E-state index >= 15 is 0 Å². The predicted octanol–water partition coefficient (Wildman–Crippen LogP) is 1.34. The molecule has 92 valence electrons. The summed E-state index contributed by atoms with van der Waals surface area (Å²) in [5.41, 5.74) is 0.132. The van der Waals surface area contributed by atoms with Crippen molar-refractivity contribution < 1.29 is 8.42 Å². The SMILES string of the molecule is CNC12CC3CC(C1)CC(S(C)(=O)=O)(C3)C2. The van der Waals surface area contributed by atoms with Crippen LogP contribution in [-0.4, -0.2) is 32.0 Å². The van der Waals surface area contributed by atoms with Crippen molar-refractivity contribution in [2.45, 2.75) is 48.8 Å². The molecule has 0 aromatic heterocycles. The Morgan fingerprint density at radius 1 is 1.12 bits per heavy atom. The molecule has 4 rings (SSSR count). The molecule has 0 amide bonds. The first-order chi connectivity index (χ1) is 7.38. The maximum absolute atomic E-state index is 12.1. The standard InChI is InChI=1S/C12H21NO2S/c1-13-11-4-9-3-10(5-11)7-12(6-9,8-11)16(2,14)15/h9-10,13H,3-8H2,1-2H3. The molecule has 4 heteroatoms. The van der Waals surface area contributed by atoms with Gasteiger partial charge in [-0.3, -0.25) is 0 Å². The first-order valence-electron chi connectivity index (χ1n) is 6.27. The van der Waals surface area contributed by atoms with Gasteiger partial charge in [-0.2, -0.15) is 0 Å². The van der Waals surface area contributed by atoms with Crippen molar-refractivity contribution in [3.63, 3.8) is 0 Å². The van der Waals surface area contributed by atoms with Crippen LogP contribution in [0.5, 0.6) is 0 Å². The van der Waals surface area contributed by atoms with Gasteiger partial charge in [0.1, 0.15) is 0 Å². The summed E-state index contributed by atoms with van der Waals surface area (Å²) in [5.74, 6) is 1.28. The quantitative estimate of drug-likeness (QED) is 0.796. The van der Waals surface area contributed by atoms with Crippen LogP contribution in [0.2, 0.25) is 0 Å². The summed E-state index contributed by atoms with van der Waals surface area (Å²) in [6.45, 7) is 0. The van der Waals surface area contributed by atoms with Crippen LogP contribution in [0.3, 0.4) is 0 Å². The Kier molecular flexibility index (Phi) is 2.08. The molecule has 0 aliphatic heterocycles. The molecule has 4 aliphatic carbocycles. The average molecular weight is 243 g/mol.